The monoisotopic (exact) mass is 253 g/mol. The molecule has 5 heteroatoms. The van der Waals surface area contributed by atoms with E-state index in [0.29, 0.717) is 17.1 Å². The molecule has 1 aromatic rings. The van der Waals surface area contributed by atoms with Gasteiger partial charge in [0.1, 0.15) is 11.5 Å². The lowest BCUT2D eigenvalue weighted by Crippen LogP contribution is -2.46. The zero-order chi connectivity index (χ0) is 13.8. The number of aliphatic hydroxyl groups excluding tert-OH is 1. The Labute approximate surface area is 107 Å². The Morgan fingerprint density at radius 3 is 2.11 bits per heavy atom. The van der Waals surface area contributed by atoms with Gasteiger partial charge in [-0.25, -0.2) is 0 Å². The van der Waals surface area contributed by atoms with Crippen molar-refractivity contribution in [2.45, 2.75) is 19.4 Å². The van der Waals surface area contributed by atoms with Gasteiger partial charge in [0, 0.05) is 11.6 Å². The van der Waals surface area contributed by atoms with Crippen molar-refractivity contribution >= 4 is 5.91 Å². The van der Waals surface area contributed by atoms with E-state index in [9.17, 15) is 4.79 Å². The average molecular weight is 253 g/mol. The topological polar surface area (TPSA) is 67.8 Å². The van der Waals surface area contributed by atoms with Crippen LogP contribution >= 0.6 is 0 Å². The minimum absolute atomic E-state index is 0.139. The summed E-state index contributed by atoms with van der Waals surface area (Å²) in [7, 11) is 3.04. The molecule has 0 saturated carbocycles. The molecule has 18 heavy (non-hydrogen) atoms. The summed E-state index contributed by atoms with van der Waals surface area (Å²) >= 11 is 0. The second-order valence-electron chi connectivity index (χ2n) is 4.60. The fraction of sp³-hybridized carbons (Fsp3) is 0.462. The second-order valence-corrected chi connectivity index (χ2v) is 4.60. The first-order valence-corrected chi connectivity index (χ1v) is 5.58. The van der Waals surface area contributed by atoms with Crippen molar-refractivity contribution in [3.63, 3.8) is 0 Å². The summed E-state index contributed by atoms with van der Waals surface area (Å²) in [6.07, 6.45) is 0. The van der Waals surface area contributed by atoms with Gasteiger partial charge in [-0.1, -0.05) is 0 Å². The van der Waals surface area contributed by atoms with Gasteiger partial charge in [-0.15, -0.1) is 0 Å². The molecule has 0 heterocycles. The van der Waals surface area contributed by atoms with Crippen molar-refractivity contribution in [1.82, 2.24) is 5.32 Å². The van der Waals surface area contributed by atoms with E-state index < -0.39 is 5.54 Å². The van der Waals surface area contributed by atoms with Crippen LogP contribution in [0.15, 0.2) is 18.2 Å². The molecule has 0 aliphatic carbocycles. The smallest absolute Gasteiger partial charge is 0.252 e. The Bertz CT molecular complexity index is 407. The average Bonchev–Trinajstić information content (AvgIpc) is 2.37. The van der Waals surface area contributed by atoms with E-state index in [1.807, 2.05) is 0 Å². The van der Waals surface area contributed by atoms with Crippen LogP contribution in [0.3, 0.4) is 0 Å². The largest absolute Gasteiger partial charge is 0.497 e. The molecule has 5 nitrogen and oxygen atoms in total. The molecule has 0 unspecified atom stereocenters. The predicted octanol–water partition coefficient (Wildman–Crippen LogP) is 1.20. The van der Waals surface area contributed by atoms with E-state index in [1.54, 1.807) is 32.0 Å². The van der Waals surface area contributed by atoms with Crippen LogP contribution in [0.1, 0.15) is 24.2 Å². The standard InChI is InChI=1S/C13H19NO4/c1-13(2,8-15)14-12(16)9-5-10(17-3)7-11(6-9)18-4/h5-7,15H,8H2,1-4H3,(H,14,16). The van der Waals surface area contributed by atoms with Crippen LogP contribution in [0.25, 0.3) is 0 Å². The lowest BCUT2D eigenvalue weighted by Gasteiger charge is -2.23. The lowest BCUT2D eigenvalue weighted by atomic mass is 10.1. The zero-order valence-electron chi connectivity index (χ0n) is 11.1. The molecular weight excluding hydrogens is 234 g/mol. The number of aliphatic hydroxyl groups is 1. The summed E-state index contributed by atoms with van der Waals surface area (Å²) < 4.78 is 10.2. The third kappa shape index (κ3) is 3.63. The molecule has 0 fully saturated rings. The van der Waals surface area contributed by atoms with Gasteiger partial charge in [0.05, 0.1) is 26.4 Å². The number of rotatable bonds is 5. The minimum atomic E-state index is -0.673. The van der Waals surface area contributed by atoms with Crippen molar-refractivity contribution in [2.75, 3.05) is 20.8 Å². The Kier molecular flexibility index (Phi) is 4.55. The van der Waals surface area contributed by atoms with Crippen LogP contribution in [0.5, 0.6) is 11.5 Å². The molecule has 1 amide bonds. The first-order valence-electron chi connectivity index (χ1n) is 5.58. The number of hydrogen-bond acceptors (Lipinski definition) is 4. The first kappa shape index (κ1) is 14.3. The van der Waals surface area contributed by atoms with Crippen LogP contribution in [-0.4, -0.2) is 37.4 Å². The summed E-state index contributed by atoms with van der Waals surface area (Å²) in [5.41, 5.74) is -0.249. The highest BCUT2D eigenvalue weighted by Crippen LogP contribution is 2.22. The summed E-state index contributed by atoms with van der Waals surface area (Å²) in [5, 5.41) is 11.9. The van der Waals surface area contributed by atoms with Crippen LogP contribution in [-0.2, 0) is 0 Å². The number of ether oxygens (including phenoxy) is 2. The number of hydrogen-bond donors (Lipinski definition) is 2. The summed E-state index contributed by atoms with van der Waals surface area (Å²) in [5.74, 6) is 0.800. The van der Waals surface area contributed by atoms with E-state index in [2.05, 4.69) is 5.32 Å². The highest BCUT2D eigenvalue weighted by atomic mass is 16.5. The van der Waals surface area contributed by atoms with Crippen LogP contribution in [0.2, 0.25) is 0 Å². The predicted molar refractivity (Wildman–Crippen MR) is 68.2 cm³/mol. The van der Waals surface area contributed by atoms with Gasteiger partial charge in [-0.2, -0.15) is 0 Å². The quantitative estimate of drug-likeness (QED) is 0.827. The molecule has 0 aromatic heterocycles. The molecule has 0 saturated heterocycles. The van der Waals surface area contributed by atoms with Crippen molar-refractivity contribution in [2.24, 2.45) is 0 Å². The molecular formula is C13H19NO4. The van der Waals surface area contributed by atoms with Gasteiger partial charge in [0.15, 0.2) is 0 Å². The summed E-state index contributed by atoms with van der Waals surface area (Å²) in [6.45, 7) is 3.34. The molecule has 0 spiro atoms. The number of carbonyl (C=O) groups excluding carboxylic acids is 1. The van der Waals surface area contributed by atoms with E-state index >= 15 is 0 Å². The number of benzene rings is 1. The van der Waals surface area contributed by atoms with Crippen molar-refractivity contribution in [3.8, 4) is 11.5 Å². The van der Waals surface area contributed by atoms with Gasteiger partial charge < -0.3 is 19.9 Å². The molecule has 0 aliphatic heterocycles. The molecule has 0 aliphatic rings. The third-order valence-electron chi connectivity index (χ3n) is 2.46. The third-order valence-corrected chi connectivity index (χ3v) is 2.46. The zero-order valence-corrected chi connectivity index (χ0v) is 11.1. The molecule has 0 radical (unpaired) electrons. The Morgan fingerprint density at radius 1 is 1.22 bits per heavy atom. The molecule has 2 N–H and O–H groups in total. The molecule has 0 atom stereocenters. The van der Waals surface area contributed by atoms with Gasteiger partial charge in [-0.05, 0) is 26.0 Å². The normalized spacial score (nSPS) is 10.9. The molecule has 0 bridgehead atoms. The maximum atomic E-state index is 12.0. The van der Waals surface area contributed by atoms with Crippen molar-refractivity contribution in [1.29, 1.82) is 0 Å². The highest BCUT2D eigenvalue weighted by molar-refractivity contribution is 5.95. The van der Waals surface area contributed by atoms with Gasteiger partial charge in [-0.3, -0.25) is 4.79 Å². The maximum absolute atomic E-state index is 12.0. The fourth-order valence-electron chi connectivity index (χ4n) is 1.36. The van der Waals surface area contributed by atoms with E-state index in [-0.39, 0.29) is 12.5 Å². The number of amides is 1. The second kappa shape index (κ2) is 5.73. The van der Waals surface area contributed by atoms with Crippen molar-refractivity contribution < 1.29 is 19.4 Å². The number of methoxy groups -OCH3 is 2. The van der Waals surface area contributed by atoms with E-state index in [1.165, 1.54) is 14.2 Å². The Morgan fingerprint density at radius 2 is 1.72 bits per heavy atom. The first-order chi connectivity index (χ1) is 8.41. The summed E-state index contributed by atoms with van der Waals surface area (Å²) in [6, 6.07) is 4.92. The van der Waals surface area contributed by atoms with Crippen molar-refractivity contribution in [3.05, 3.63) is 23.8 Å². The molecule has 1 aromatic carbocycles. The Hall–Kier alpha value is -1.75. The number of carbonyl (C=O) groups is 1. The lowest BCUT2D eigenvalue weighted by molar-refractivity contribution is 0.0868. The minimum Gasteiger partial charge on any atom is -0.497 e. The summed E-state index contributed by atoms with van der Waals surface area (Å²) in [4.78, 5) is 12.0. The van der Waals surface area contributed by atoms with Crippen LogP contribution in [0.4, 0.5) is 0 Å². The van der Waals surface area contributed by atoms with Gasteiger partial charge >= 0.3 is 0 Å². The van der Waals surface area contributed by atoms with Gasteiger partial charge in [0.25, 0.3) is 5.91 Å². The van der Waals surface area contributed by atoms with E-state index in [4.69, 9.17) is 14.6 Å². The number of nitrogens with one attached hydrogen (secondary N) is 1. The van der Waals surface area contributed by atoms with Crippen LogP contribution < -0.4 is 14.8 Å². The SMILES string of the molecule is COc1cc(OC)cc(C(=O)NC(C)(C)CO)c1. The molecule has 1 rings (SSSR count). The van der Waals surface area contributed by atoms with Gasteiger partial charge in [0.2, 0.25) is 0 Å². The Balaban J connectivity index is 2.98. The highest BCUT2D eigenvalue weighted by Gasteiger charge is 2.20. The fourth-order valence-corrected chi connectivity index (χ4v) is 1.36. The maximum Gasteiger partial charge on any atom is 0.252 e. The molecule has 100 valence electrons. The van der Waals surface area contributed by atoms with Crippen LogP contribution in [0, 0.1) is 0 Å². The van der Waals surface area contributed by atoms with E-state index in [0.717, 1.165) is 0 Å².